The molecular formula is C18H28N4O2S2. The van der Waals surface area contributed by atoms with Gasteiger partial charge in [0.2, 0.25) is 11.9 Å². The summed E-state index contributed by atoms with van der Waals surface area (Å²) in [6.45, 7) is 3.43. The number of piperidine rings is 1. The normalized spacial score (nSPS) is 21.1. The van der Waals surface area contributed by atoms with Gasteiger partial charge in [-0.2, -0.15) is 0 Å². The van der Waals surface area contributed by atoms with Crippen LogP contribution in [0.4, 0.5) is 5.95 Å². The molecule has 2 aliphatic rings. The topological polar surface area (TPSA) is 78.1 Å². The highest BCUT2D eigenvalue weighted by atomic mass is 33.1. The van der Waals surface area contributed by atoms with Gasteiger partial charge in [-0.3, -0.25) is 14.6 Å². The number of aromatic amines is 1. The van der Waals surface area contributed by atoms with E-state index in [1.54, 1.807) is 0 Å². The van der Waals surface area contributed by atoms with E-state index >= 15 is 0 Å². The molecule has 8 heteroatoms. The van der Waals surface area contributed by atoms with E-state index in [4.69, 9.17) is 0 Å². The first-order valence-electron chi connectivity index (χ1n) is 9.51. The number of amides is 1. The summed E-state index contributed by atoms with van der Waals surface area (Å²) in [4.78, 5) is 33.0. The third-order valence-electron chi connectivity index (χ3n) is 4.92. The largest absolute Gasteiger partial charge is 0.353 e. The van der Waals surface area contributed by atoms with E-state index in [0.29, 0.717) is 12.4 Å². The van der Waals surface area contributed by atoms with Gasteiger partial charge in [-0.15, -0.1) is 0 Å². The number of aromatic nitrogens is 2. The Morgan fingerprint density at radius 2 is 2.15 bits per heavy atom. The molecule has 0 aliphatic carbocycles. The minimum Gasteiger partial charge on any atom is -0.353 e. The Kier molecular flexibility index (Phi) is 7.31. The zero-order valence-electron chi connectivity index (χ0n) is 15.3. The molecule has 3 rings (SSSR count). The molecule has 0 radical (unpaired) electrons. The van der Waals surface area contributed by atoms with Crippen LogP contribution in [-0.4, -0.2) is 46.0 Å². The monoisotopic (exact) mass is 396 g/mol. The van der Waals surface area contributed by atoms with Crippen molar-refractivity contribution in [1.29, 1.82) is 0 Å². The van der Waals surface area contributed by atoms with Crippen LogP contribution in [0, 0.1) is 6.92 Å². The lowest BCUT2D eigenvalue weighted by atomic mass is 10.0. The number of carbonyl (C=O) groups is 1. The molecule has 0 spiro atoms. The van der Waals surface area contributed by atoms with Crippen LogP contribution in [0.25, 0.3) is 0 Å². The molecule has 0 saturated carbocycles. The van der Waals surface area contributed by atoms with Crippen LogP contribution in [0.15, 0.2) is 10.9 Å². The fourth-order valence-corrected chi connectivity index (χ4v) is 6.50. The van der Waals surface area contributed by atoms with Crippen molar-refractivity contribution in [1.82, 2.24) is 15.3 Å². The van der Waals surface area contributed by atoms with Gasteiger partial charge in [0, 0.05) is 48.3 Å². The SMILES string of the molecule is Cc1cc(=O)[nH]c(N2CCC(NC(=O)CCCCC3CCSS3)CC2)n1. The first-order valence-corrected chi connectivity index (χ1v) is 11.9. The number of rotatable bonds is 7. The van der Waals surface area contributed by atoms with Crippen molar-refractivity contribution in [3.8, 4) is 0 Å². The predicted molar refractivity (Wildman–Crippen MR) is 110 cm³/mol. The van der Waals surface area contributed by atoms with Crippen molar-refractivity contribution in [2.24, 2.45) is 0 Å². The highest BCUT2D eigenvalue weighted by molar-refractivity contribution is 8.77. The highest BCUT2D eigenvalue weighted by Gasteiger charge is 2.22. The molecule has 2 aliphatic heterocycles. The second-order valence-electron chi connectivity index (χ2n) is 7.11. The van der Waals surface area contributed by atoms with Crippen molar-refractivity contribution in [2.75, 3.05) is 23.7 Å². The van der Waals surface area contributed by atoms with Crippen molar-refractivity contribution >= 4 is 33.4 Å². The summed E-state index contributed by atoms with van der Waals surface area (Å²) in [5.41, 5.74) is 0.617. The smallest absolute Gasteiger partial charge is 0.252 e. The molecule has 2 N–H and O–H groups in total. The highest BCUT2D eigenvalue weighted by Crippen LogP contribution is 2.39. The molecule has 2 saturated heterocycles. The van der Waals surface area contributed by atoms with Crippen LogP contribution in [0.1, 0.15) is 50.6 Å². The van der Waals surface area contributed by atoms with Gasteiger partial charge in [-0.05, 0) is 39.0 Å². The standard InChI is InChI=1S/C18H28N4O2S2/c1-13-12-17(24)21-18(19-13)22-9-6-14(7-10-22)20-16(23)5-3-2-4-15-8-11-25-26-15/h12,14-15H,2-11H2,1H3,(H,20,23)(H,19,21,24). The molecule has 2 fully saturated rings. The number of nitrogens with zero attached hydrogens (tertiary/aromatic N) is 2. The van der Waals surface area contributed by atoms with E-state index in [1.165, 1.54) is 24.7 Å². The summed E-state index contributed by atoms with van der Waals surface area (Å²) in [6, 6.07) is 1.73. The van der Waals surface area contributed by atoms with E-state index < -0.39 is 0 Å². The molecular weight excluding hydrogens is 368 g/mol. The number of carbonyl (C=O) groups excluding carboxylic acids is 1. The van der Waals surface area contributed by atoms with Gasteiger partial charge in [0.05, 0.1) is 0 Å². The summed E-state index contributed by atoms with van der Waals surface area (Å²) in [5.74, 6) is 2.10. The van der Waals surface area contributed by atoms with Crippen molar-refractivity contribution in [3.63, 3.8) is 0 Å². The van der Waals surface area contributed by atoms with E-state index in [-0.39, 0.29) is 17.5 Å². The van der Waals surface area contributed by atoms with Crippen LogP contribution in [0.2, 0.25) is 0 Å². The fourth-order valence-electron chi connectivity index (χ4n) is 3.47. The first-order chi connectivity index (χ1) is 12.6. The van der Waals surface area contributed by atoms with E-state index in [2.05, 4.69) is 20.2 Å². The van der Waals surface area contributed by atoms with Crippen LogP contribution < -0.4 is 15.8 Å². The van der Waals surface area contributed by atoms with Crippen LogP contribution in [0.5, 0.6) is 0 Å². The summed E-state index contributed by atoms with van der Waals surface area (Å²) in [6.07, 6.45) is 7.11. The average molecular weight is 397 g/mol. The Morgan fingerprint density at radius 1 is 1.35 bits per heavy atom. The molecule has 3 heterocycles. The number of hydrogen-bond donors (Lipinski definition) is 2. The Bertz CT molecular complexity index is 653. The maximum Gasteiger partial charge on any atom is 0.252 e. The molecule has 1 unspecified atom stereocenters. The lowest BCUT2D eigenvalue weighted by molar-refractivity contribution is -0.122. The van der Waals surface area contributed by atoms with Gasteiger partial charge in [0.15, 0.2) is 0 Å². The summed E-state index contributed by atoms with van der Waals surface area (Å²) >= 11 is 0. The van der Waals surface area contributed by atoms with Gasteiger partial charge >= 0.3 is 0 Å². The van der Waals surface area contributed by atoms with Gasteiger partial charge in [-0.1, -0.05) is 28.0 Å². The van der Waals surface area contributed by atoms with Gasteiger partial charge in [-0.25, -0.2) is 4.98 Å². The lowest BCUT2D eigenvalue weighted by Crippen LogP contribution is -2.45. The third kappa shape index (κ3) is 5.94. The maximum atomic E-state index is 12.2. The molecule has 1 aromatic heterocycles. The van der Waals surface area contributed by atoms with Crippen LogP contribution >= 0.6 is 21.6 Å². The van der Waals surface area contributed by atoms with E-state index in [1.807, 2.05) is 28.5 Å². The molecule has 1 aromatic rings. The molecule has 0 bridgehead atoms. The Balaban J connectivity index is 1.34. The molecule has 1 atom stereocenters. The fraction of sp³-hybridized carbons (Fsp3) is 0.722. The van der Waals surface area contributed by atoms with Gasteiger partial charge < -0.3 is 10.2 Å². The van der Waals surface area contributed by atoms with Crippen molar-refractivity contribution < 1.29 is 4.79 Å². The van der Waals surface area contributed by atoms with E-state index in [0.717, 1.165) is 49.7 Å². The Morgan fingerprint density at radius 3 is 2.85 bits per heavy atom. The van der Waals surface area contributed by atoms with Crippen molar-refractivity contribution in [2.45, 2.75) is 63.2 Å². The van der Waals surface area contributed by atoms with Gasteiger partial charge in [0.25, 0.3) is 5.56 Å². The average Bonchev–Trinajstić information content (AvgIpc) is 3.12. The zero-order valence-corrected chi connectivity index (χ0v) is 17.0. The number of anilines is 1. The van der Waals surface area contributed by atoms with Crippen molar-refractivity contribution in [3.05, 3.63) is 22.1 Å². The Labute approximate surface area is 162 Å². The maximum absolute atomic E-state index is 12.2. The summed E-state index contributed by atoms with van der Waals surface area (Å²) < 4.78 is 0. The molecule has 1 amide bonds. The van der Waals surface area contributed by atoms with Crippen LogP contribution in [-0.2, 0) is 4.79 Å². The lowest BCUT2D eigenvalue weighted by Gasteiger charge is -2.32. The predicted octanol–water partition coefficient (Wildman–Crippen LogP) is 2.88. The minimum absolute atomic E-state index is 0.113. The minimum atomic E-state index is -0.113. The number of hydrogen-bond acceptors (Lipinski definition) is 6. The Hall–Kier alpha value is -1.15. The third-order valence-corrected chi connectivity index (χ3v) is 7.93. The second-order valence-corrected chi connectivity index (χ2v) is 9.90. The zero-order chi connectivity index (χ0) is 18.4. The first kappa shape index (κ1) is 19.6. The van der Waals surface area contributed by atoms with Gasteiger partial charge in [0.1, 0.15) is 0 Å². The summed E-state index contributed by atoms with van der Waals surface area (Å²) in [5, 5.41) is 3.97. The van der Waals surface area contributed by atoms with E-state index in [9.17, 15) is 9.59 Å². The van der Waals surface area contributed by atoms with Crippen LogP contribution in [0.3, 0.4) is 0 Å². The second kappa shape index (κ2) is 9.69. The summed E-state index contributed by atoms with van der Waals surface area (Å²) in [7, 11) is 3.99. The number of aryl methyl sites for hydroxylation is 1. The molecule has 6 nitrogen and oxygen atoms in total. The number of unbranched alkanes of at least 4 members (excludes halogenated alkanes) is 1. The molecule has 26 heavy (non-hydrogen) atoms. The number of nitrogens with one attached hydrogen (secondary N) is 2. The molecule has 0 aromatic carbocycles. The number of H-pyrrole nitrogens is 1. The quantitative estimate of drug-likeness (QED) is 0.545. The molecule has 144 valence electrons.